The number of nitrogens with zero attached hydrogens (tertiary/aromatic N) is 2. The van der Waals surface area contributed by atoms with Crippen molar-refractivity contribution in [2.45, 2.75) is 88.0 Å². The van der Waals surface area contributed by atoms with E-state index in [0.717, 1.165) is 28.5 Å². The van der Waals surface area contributed by atoms with E-state index < -0.39 is 19.9 Å². The molecule has 0 spiro atoms. The summed E-state index contributed by atoms with van der Waals surface area (Å²) in [7, 11) is 3.98. The fourth-order valence-electron chi connectivity index (χ4n) is 2.56. The first-order valence-corrected chi connectivity index (χ1v) is 16.3. The standard InChI is InChI=1S/C12H27NO2S.C9H22N.C6H14O3S.BrH.Na/c1-12(2,3)8-10-13(4,5)9-7-11-16(6,14)15;1-9(2,3)7-8-10(4,5)6;1-6(2,3)4-5-10(7,8)9;;/h6-11H2,1-5H3;7-8H2,1-6H3;4-5H2,1-3H3,(H,7,8,9);1H;/q;+1;;;+1/p-2. The van der Waals surface area contributed by atoms with E-state index in [4.69, 9.17) is 0 Å². The predicted octanol–water partition coefficient (Wildman–Crippen LogP) is -1.16. The summed E-state index contributed by atoms with van der Waals surface area (Å²) >= 11 is 0. The van der Waals surface area contributed by atoms with Crippen LogP contribution in [0.5, 0.6) is 0 Å². The van der Waals surface area contributed by atoms with Gasteiger partial charge in [0.15, 0.2) is 0 Å². The molecular formula is C27H62BrN2NaO5S2. The molecule has 0 aromatic rings. The van der Waals surface area contributed by atoms with Crippen LogP contribution in [0.4, 0.5) is 0 Å². The van der Waals surface area contributed by atoms with E-state index in [1.165, 1.54) is 13.0 Å². The van der Waals surface area contributed by atoms with E-state index in [0.29, 0.717) is 23.7 Å². The minimum atomic E-state index is -4.01. The maximum absolute atomic E-state index is 10.9. The molecule has 0 N–H and O–H groups in total. The van der Waals surface area contributed by atoms with Crippen molar-refractivity contribution >= 4 is 25.8 Å². The van der Waals surface area contributed by atoms with Gasteiger partial charge in [0.05, 0.1) is 65.0 Å². The zero-order valence-corrected chi connectivity index (χ0v) is 32.9. The Labute approximate surface area is 271 Å². The Morgan fingerprint density at radius 3 is 1.18 bits per heavy atom. The van der Waals surface area contributed by atoms with E-state index >= 15 is 0 Å². The fourth-order valence-corrected chi connectivity index (χ4v) is 4.00. The maximum Gasteiger partial charge on any atom is 1.00 e. The molecule has 38 heavy (non-hydrogen) atoms. The van der Waals surface area contributed by atoms with Crippen LogP contribution in [0.1, 0.15) is 88.0 Å². The van der Waals surface area contributed by atoms with Gasteiger partial charge in [-0.05, 0) is 22.7 Å². The molecule has 0 radical (unpaired) electrons. The van der Waals surface area contributed by atoms with Crippen LogP contribution < -0.4 is 46.5 Å². The zero-order valence-electron chi connectivity index (χ0n) is 27.7. The minimum absolute atomic E-state index is 0. The van der Waals surface area contributed by atoms with Gasteiger partial charge in [-0.1, -0.05) is 78.0 Å². The average molecular weight is 662 g/mol. The quantitative estimate of drug-likeness (QED) is 0.128. The first kappa shape index (κ1) is 49.0. The van der Waals surface area contributed by atoms with Crippen LogP contribution in [0.25, 0.3) is 0 Å². The Morgan fingerprint density at radius 2 is 0.974 bits per heavy atom. The number of rotatable bonds is 10. The Bertz CT molecular complexity index is 790. The smallest absolute Gasteiger partial charge is 1.00 e. The molecule has 0 aliphatic rings. The number of hydrogen-bond donors (Lipinski definition) is 0. The van der Waals surface area contributed by atoms with Crippen LogP contribution >= 0.6 is 0 Å². The summed E-state index contributed by atoms with van der Waals surface area (Å²) < 4.78 is 54.2. The first-order chi connectivity index (χ1) is 15.3. The van der Waals surface area contributed by atoms with Crippen LogP contribution in [0.3, 0.4) is 0 Å². The average Bonchev–Trinajstić information content (AvgIpc) is 2.54. The summed E-state index contributed by atoms with van der Waals surface area (Å²) in [5.41, 5.74) is 0.761. The summed E-state index contributed by atoms with van der Waals surface area (Å²) in [5, 5.41) is 0. The van der Waals surface area contributed by atoms with Crippen molar-refractivity contribution in [3.8, 4) is 0 Å². The van der Waals surface area contributed by atoms with Gasteiger partial charge in [0.1, 0.15) is 0 Å². The molecule has 1 atom stereocenters. The summed E-state index contributed by atoms with van der Waals surface area (Å²) in [6.07, 6.45) is 3.58. The predicted molar refractivity (Wildman–Crippen MR) is 157 cm³/mol. The van der Waals surface area contributed by atoms with Crippen molar-refractivity contribution < 1.29 is 77.2 Å². The molecule has 1 unspecified atom stereocenters. The molecule has 0 saturated heterocycles. The molecule has 0 heterocycles. The zero-order chi connectivity index (χ0) is 29.9. The van der Waals surface area contributed by atoms with E-state index in [9.17, 15) is 21.7 Å². The van der Waals surface area contributed by atoms with Crippen LogP contribution in [0.2, 0.25) is 0 Å². The van der Waals surface area contributed by atoms with E-state index in [1.807, 2.05) is 20.8 Å². The second kappa shape index (κ2) is 19.5. The molecular weight excluding hydrogens is 599 g/mol. The third-order valence-electron chi connectivity index (χ3n) is 5.32. The molecule has 0 aliphatic heterocycles. The molecule has 11 heteroatoms. The van der Waals surface area contributed by atoms with Crippen LogP contribution in [-0.4, -0.2) is 103 Å². The third kappa shape index (κ3) is 53.5. The normalized spacial score (nSPS) is 14.4. The molecule has 0 aromatic carbocycles. The fraction of sp³-hybridized carbons (Fsp3) is 0.963. The van der Waals surface area contributed by atoms with Crippen molar-refractivity contribution in [3.63, 3.8) is 0 Å². The molecule has 7 nitrogen and oxygen atoms in total. The second-order valence-corrected chi connectivity index (χ2v) is 18.8. The monoisotopic (exact) mass is 660 g/mol. The number of hydrogen-bond acceptors (Lipinski definition) is 5. The van der Waals surface area contributed by atoms with Crippen molar-refractivity contribution in [2.75, 3.05) is 66.4 Å². The van der Waals surface area contributed by atoms with E-state index in [2.05, 4.69) is 82.7 Å². The Hall–Kier alpha value is 1.29. The van der Waals surface area contributed by atoms with Crippen LogP contribution in [0.15, 0.2) is 0 Å². The van der Waals surface area contributed by atoms with Gasteiger partial charge in [0.25, 0.3) is 0 Å². The summed E-state index contributed by atoms with van der Waals surface area (Å²) in [6.45, 7) is 22.5. The largest absolute Gasteiger partial charge is 1.00 e. The Balaban J connectivity index is -0.000000146. The molecule has 0 fully saturated rings. The van der Waals surface area contributed by atoms with Crippen molar-refractivity contribution in [1.82, 2.24) is 0 Å². The second-order valence-electron chi connectivity index (χ2n) is 15.4. The molecule has 230 valence electrons. The third-order valence-corrected chi connectivity index (χ3v) is 6.94. The van der Waals surface area contributed by atoms with Gasteiger partial charge >= 0.3 is 29.6 Å². The molecule has 0 rings (SSSR count). The summed E-state index contributed by atoms with van der Waals surface area (Å²) in [4.78, 5) is 0. The first-order valence-electron chi connectivity index (χ1n) is 12.9. The van der Waals surface area contributed by atoms with Crippen molar-refractivity contribution in [3.05, 3.63) is 0 Å². The maximum atomic E-state index is 10.9. The SMILES string of the molecule is C=S(=O)([O-])CCC[N+](C)(C)CCC(C)(C)C.CC(C)(C)CCS(=O)(=O)[O-].CC(C)(C)CC[N+](C)(C)C.[Br-].[Na+]. The Morgan fingerprint density at radius 1 is 0.632 bits per heavy atom. The van der Waals surface area contributed by atoms with E-state index in [1.54, 1.807) is 0 Å². The molecule has 0 bridgehead atoms. The van der Waals surface area contributed by atoms with E-state index in [-0.39, 0.29) is 63.5 Å². The van der Waals surface area contributed by atoms with Gasteiger partial charge in [-0.2, -0.15) is 0 Å². The van der Waals surface area contributed by atoms with Gasteiger partial charge in [-0.15, -0.1) is 0 Å². The van der Waals surface area contributed by atoms with Crippen molar-refractivity contribution in [1.29, 1.82) is 0 Å². The Kier molecular flexibility index (Phi) is 25.1. The minimum Gasteiger partial charge on any atom is -1.00 e. The van der Waals surface area contributed by atoms with Crippen molar-refractivity contribution in [2.24, 2.45) is 16.2 Å². The number of quaternary nitrogens is 2. The summed E-state index contributed by atoms with van der Waals surface area (Å²) in [6, 6.07) is 0. The molecule has 0 saturated carbocycles. The van der Waals surface area contributed by atoms with Crippen LogP contribution in [0, 0.1) is 16.2 Å². The van der Waals surface area contributed by atoms with Crippen LogP contribution in [-0.2, 0) is 19.9 Å². The molecule has 0 amide bonds. The van der Waals surface area contributed by atoms with Gasteiger partial charge < -0.3 is 35.1 Å². The molecule has 0 aromatic heterocycles. The van der Waals surface area contributed by atoms with Gasteiger partial charge in [0, 0.05) is 30.8 Å². The molecule has 0 aliphatic carbocycles. The van der Waals surface area contributed by atoms with Gasteiger partial charge in [0.2, 0.25) is 0 Å². The summed E-state index contributed by atoms with van der Waals surface area (Å²) in [5.74, 6) is 3.09. The van der Waals surface area contributed by atoms with Gasteiger partial charge in [-0.3, -0.25) is 4.21 Å². The topological polar surface area (TPSA) is 97.3 Å². The number of halogens is 1. The van der Waals surface area contributed by atoms with Gasteiger partial charge in [-0.25, -0.2) is 8.42 Å².